The van der Waals surface area contributed by atoms with Crippen LogP contribution in [0.5, 0.6) is 11.5 Å². The molecule has 0 saturated carbocycles. The van der Waals surface area contributed by atoms with Crippen molar-refractivity contribution in [1.82, 2.24) is 0 Å². The molecule has 96 valence electrons. The van der Waals surface area contributed by atoms with E-state index in [4.69, 9.17) is 9.15 Å². The second-order valence-corrected chi connectivity index (χ2v) is 4.14. The summed E-state index contributed by atoms with van der Waals surface area (Å²) in [5, 5.41) is 18.6. The van der Waals surface area contributed by atoms with Crippen LogP contribution in [0.1, 0.15) is 17.4 Å². The molecule has 1 atom stereocenters. The van der Waals surface area contributed by atoms with Crippen LogP contribution >= 0.6 is 0 Å². The Bertz CT molecular complexity index is 504. The van der Waals surface area contributed by atoms with E-state index in [2.05, 4.69) is 0 Å². The number of hydrogen-bond acceptors (Lipinski definition) is 4. The molecule has 0 amide bonds. The van der Waals surface area contributed by atoms with Crippen molar-refractivity contribution in [3.05, 3.63) is 47.9 Å². The largest absolute Gasteiger partial charge is 0.508 e. The van der Waals surface area contributed by atoms with Gasteiger partial charge in [-0.2, -0.15) is 0 Å². The van der Waals surface area contributed by atoms with E-state index in [1.54, 1.807) is 18.2 Å². The van der Waals surface area contributed by atoms with Gasteiger partial charge in [-0.3, -0.25) is 0 Å². The highest BCUT2D eigenvalue weighted by molar-refractivity contribution is 5.31. The highest BCUT2D eigenvalue weighted by Gasteiger charge is 2.15. The van der Waals surface area contributed by atoms with Gasteiger partial charge >= 0.3 is 0 Å². The van der Waals surface area contributed by atoms with Crippen LogP contribution in [0.3, 0.4) is 0 Å². The lowest BCUT2D eigenvalue weighted by atomic mass is 10.1. The minimum atomic E-state index is -0.207. The number of benzene rings is 1. The van der Waals surface area contributed by atoms with Crippen LogP contribution in [0.4, 0.5) is 0 Å². The summed E-state index contributed by atoms with van der Waals surface area (Å²) in [6, 6.07) is 10.2. The molecule has 0 saturated heterocycles. The van der Waals surface area contributed by atoms with Crippen molar-refractivity contribution in [3.63, 3.8) is 0 Å². The first-order valence-electron chi connectivity index (χ1n) is 5.78. The fraction of sp³-hybridized carbons (Fsp3) is 0.286. The van der Waals surface area contributed by atoms with Crippen LogP contribution in [0.2, 0.25) is 0 Å². The molecule has 2 aromatic rings. The second-order valence-electron chi connectivity index (χ2n) is 4.14. The molecule has 2 N–H and O–H groups in total. The maximum atomic E-state index is 9.33. The number of furan rings is 1. The van der Waals surface area contributed by atoms with E-state index in [0.717, 1.165) is 5.76 Å². The Morgan fingerprint density at radius 2 is 2.11 bits per heavy atom. The minimum Gasteiger partial charge on any atom is -0.508 e. The lowest BCUT2D eigenvalue weighted by molar-refractivity contribution is 0.189. The molecular formula is C14H16O4. The Morgan fingerprint density at radius 3 is 2.72 bits per heavy atom. The minimum absolute atomic E-state index is 0.0498. The van der Waals surface area contributed by atoms with Crippen molar-refractivity contribution in [3.8, 4) is 11.5 Å². The Morgan fingerprint density at radius 1 is 1.28 bits per heavy atom. The third-order valence-electron chi connectivity index (χ3n) is 2.65. The van der Waals surface area contributed by atoms with Crippen LogP contribution in [0.25, 0.3) is 0 Å². The molecule has 4 nitrogen and oxygen atoms in total. The first kappa shape index (κ1) is 12.5. The average Bonchev–Trinajstić information content (AvgIpc) is 2.77. The molecule has 1 unspecified atom stereocenters. The standard InChI is InChI=1S/C14H16O4/c1-10-5-6-14(18-10)11(8-15)9-17-13-4-2-3-12(16)7-13/h2-7,11,15-16H,8-9H2,1H3. The van der Waals surface area contributed by atoms with Crippen LogP contribution in [0.15, 0.2) is 40.8 Å². The molecule has 0 radical (unpaired) electrons. The van der Waals surface area contributed by atoms with Gasteiger partial charge in [0.05, 0.1) is 12.5 Å². The van der Waals surface area contributed by atoms with Gasteiger partial charge in [0.25, 0.3) is 0 Å². The summed E-state index contributed by atoms with van der Waals surface area (Å²) in [4.78, 5) is 0. The summed E-state index contributed by atoms with van der Waals surface area (Å²) in [5.74, 6) is 2.02. The molecule has 18 heavy (non-hydrogen) atoms. The Labute approximate surface area is 105 Å². The molecule has 2 rings (SSSR count). The molecule has 0 aliphatic rings. The highest BCUT2D eigenvalue weighted by Crippen LogP contribution is 2.22. The zero-order valence-corrected chi connectivity index (χ0v) is 10.2. The molecule has 1 aromatic carbocycles. The van der Waals surface area contributed by atoms with Crippen molar-refractivity contribution in [1.29, 1.82) is 0 Å². The predicted molar refractivity (Wildman–Crippen MR) is 66.9 cm³/mol. The van der Waals surface area contributed by atoms with Crippen LogP contribution in [-0.2, 0) is 0 Å². The average molecular weight is 248 g/mol. The zero-order chi connectivity index (χ0) is 13.0. The third-order valence-corrected chi connectivity index (χ3v) is 2.65. The van der Waals surface area contributed by atoms with Crippen LogP contribution in [0, 0.1) is 6.92 Å². The number of phenols is 1. The van der Waals surface area contributed by atoms with E-state index in [-0.39, 0.29) is 18.3 Å². The summed E-state index contributed by atoms with van der Waals surface area (Å²) in [6.45, 7) is 2.10. The van der Waals surface area contributed by atoms with Crippen molar-refractivity contribution < 1.29 is 19.4 Å². The van der Waals surface area contributed by atoms with Gasteiger partial charge < -0.3 is 19.4 Å². The lowest BCUT2D eigenvalue weighted by Crippen LogP contribution is -2.13. The van der Waals surface area contributed by atoms with E-state index in [1.807, 2.05) is 19.1 Å². The Kier molecular flexibility index (Phi) is 3.89. The smallest absolute Gasteiger partial charge is 0.123 e. The van der Waals surface area contributed by atoms with Gasteiger partial charge in [0.1, 0.15) is 29.6 Å². The SMILES string of the molecule is Cc1ccc(C(CO)COc2cccc(O)c2)o1. The van der Waals surface area contributed by atoms with Gasteiger partial charge in [-0.15, -0.1) is 0 Å². The van der Waals surface area contributed by atoms with E-state index < -0.39 is 0 Å². The van der Waals surface area contributed by atoms with Gasteiger partial charge in [0.2, 0.25) is 0 Å². The summed E-state index contributed by atoms with van der Waals surface area (Å²) in [6.07, 6.45) is 0. The molecule has 0 aliphatic heterocycles. The first-order valence-corrected chi connectivity index (χ1v) is 5.78. The van der Waals surface area contributed by atoms with E-state index >= 15 is 0 Å². The van der Waals surface area contributed by atoms with Crippen LogP contribution < -0.4 is 4.74 Å². The maximum absolute atomic E-state index is 9.33. The zero-order valence-electron chi connectivity index (χ0n) is 10.2. The van der Waals surface area contributed by atoms with Crippen molar-refractivity contribution in [2.45, 2.75) is 12.8 Å². The van der Waals surface area contributed by atoms with Gasteiger partial charge in [-0.05, 0) is 31.2 Å². The molecule has 0 bridgehead atoms. The van der Waals surface area contributed by atoms with E-state index in [0.29, 0.717) is 18.1 Å². The number of aliphatic hydroxyl groups is 1. The molecule has 0 aliphatic carbocycles. The summed E-state index contributed by atoms with van der Waals surface area (Å²) < 4.78 is 11.0. The lowest BCUT2D eigenvalue weighted by Gasteiger charge is -2.13. The number of hydrogen-bond donors (Lipinski definition) is 2. The van der Waals surface area contributed by atoms with Gasteiger partial charge in [-0.1, -0.05) is 6.07 Å². The number of rotatable bonds is 5. The second kappa shape index (κ2) is 5.60. The molecule has 1 heterocycles. The summed E-state index contributed by atoms with van der Waals surface area (Å²) in [7, 11) is 0. The molecular weight excluding hydrogens is 232 g/mol. The van der Waals surface area contributed by atoms with E-state index in [9.17, 15) is 10.2 Å². The number of aromatic hydroxyl groups is 1. The maximum Gasteiger partial charge on any atom is 0.123 e. The highest BCUT2D eigenvalue weighted by atomic mass is 16.5. The summed E-state index contributed by atoms with van der Waals surface area (Å²) >= 11 is 0. The molecule has 0 fully saturated rings. The van der Waals surface area contributed by atoms with E-state index in [1.165, 1.54) is 6.07 Å². The number of ether oxygens (including phenoxy) is 1. The van der Waals surface area contributed by atoms with Gasteiger partial charge in [0, 0.05) is 6.07 Å². The number of aryl methyl sites for hydroxylation is 1. The number of aliphatic hydroxyl groups excluding tert-OH is 1. The first-order chi connectivity index (χ1) is 8.69. The van der Waals surface area contributed by atoms with Gasteiger partial charge in [0.15, 0.2) is 0 Å². The van der Waals surface area contributed by atoms with Crippen molar-refractivity contribution in [2.24, 2.45) is 0 Å². The quantitative estimate of drug-likeness (QED) is 0.853. The van der Waals surface area contributed by atoms with Gasteiger partial charge in [-0.25, -0.2) is 0 Å². The topological polar surface area (TPSA) is 62.8 Å². The molecule has 1 aromatic heterocycles. The molecule has 4 heteroatoms. The fourth-order valence-corrected chi connectivity index (χ4v) is 1.67. The third kappa shape index (κ3) is 3.05. The van der Waals surface area contributed by atoms with Crippen molar-refractivity contribution in [2.75, 3.05) is 13.2 Å². The van der Waals surface area contributed by atoms with Crippen molar-refractivity contribution >= 4 is 0 Å². The number of phenolic OH excluding ortho intramolecular Hbond substituents is 1. The monoisotopic (exact) mass is 248 g/mol. The normalized spacial score (nSPS) is 12.3. The van der Waals surface area contributed by atoms with Crippen LogP contribution in [-0.4, -0.2) is 23.4 Å². The predicted octanol–water partition coefficient (Wildman–Crippen LogP) is 2.45. The Balaban J connectivity index is 1.99. The summed E-state index contributed by atoms with van der Waals surface area (Å²) in [5.41, 5.74) is 0. The fourth-order valence-electron chi connectivity index (χ4n) is 1.67. The Hall–Kier alpha value is -1.94. The molecule has 0 spiro atoms.